The number of nitrogens with one attached hydrogen (secondary N) is 1. The van der Waals surface area contributed by atoms with E-state index in [4.69, 9.17) is 23.5 Å². The van der Waals surface area contributed by atoms with Gasteiger partial charge in [0.05, 0.1) is 45.6 Å². The number of benzene rings is 2. The van der Waals surface area contributed by atoms with Gasteiger partial charge < -0.3 is 28.8 Å². The van der Waals surface area contributed by atoms with Gasteiger partial charge in [-0.05, 0) is 55.8 Å². The van der Waals surface area contributed by atoms with Crippen LogP contribution in [0.3, 0.4) is 0 Å². The van der Waals surface area contributed by atoms with Crippen molar-refractivity contribution < 1.29 is 28.3 Å². The monoisotopic (exact) mass is 494 g/mol. The van der Waals surface area contributed by atoms with Gasteiger partial charge >= 0.3 is 6.03 Å². The molecule has 0 saturated carbocycles. The zero-order chi connectivity index (χ0) is 25.7. The van der Waals surface area contributed by atoms with Gasteiger partial charge in [-0.3, -0.25) is 4.90 Å². The molecule has 190 valence electrons. The van der Waals surface area contributed by atoms with Crippen LogP contribution in [0.2, 0.25) is 0 Å². The van der Waals surface area contributed by atoms with E-state index in [1.807, 2.05) is 50.2 Å². The SMILES string of the molecule is CCOc1ccc(-c2noc(C3=C(C)N(CCOC)C(=O)NC3c3ccc(OC)c(OC)c3)n2)cc1. The molecule has 4 rings (SSSR count). The van der Waals surface area contributed by atoms with E-state index in [1.54, 1.807) is 32.3 Å². The van der Waals surface area contributed by atoms with Crippen molar-refractivity contribution in [1.82, 2.24) is 20.4 Å². The van der Waals surface area contributed by atoms with Gasteiger partial charge in [0.15, 0.2) is 11.5 Å². The molecule has 10 heteroatoms. The van der Waals surface area contributed by atoms with E-state index >= 15 is 0 Å². The Morgan fingerprint density at radius 1 is 1.06 bits per heavy atom. The molecule has 2 amide bonds. The number of urea groups is 1. The van der Waals surface area contributed by atoms with Crippen molar-refractivity contribution in [2.75, 3.05) is 41.1 Å². The van der Waals surface area contributed by atoms with Crippen LogP contribution in [-0.2, 0) is 4.74 Å². The number of aromatic nitrogens is 2. The van der Waals surface area contributed by atoms with Gasteiger partial charge in [-0.1, -0.05) is 11.2 Å². The summed E-state index contributed by atoms with van der Waals surface area (Å²) in [7, 11) is 4.73. The van der Waals surface area contributed by atoms with Crippen LogP contribution in [0.25, 0.3) is 17.0 Å². The smallest absolute Gasteiger partial charge is 0.322 e. The summed E-state index contributed by atoms with van der Waals surface area (Å²) >= 11 is 0. The molecule has 36 heavy (non-hydrogen) atoms. The lowest BCUT2D eigenvalue weighted by Gasteiger charge is -2.35. The van der Waals surface area contributed by atoms with E-state index in [-0.39, 0.29) is 6.03 Å². The van der Waals surface area contributed by atoms with E-state index in [2.05, 4.69) is 15.5 Å². The third-order valence-corrected chi connectivity index (χ3v) is 5.94. The Labute approximate surface area is 209 Å². The van der Waals surface area contributed by atoms with Crippen LogP contribution in [0.1, 0.15) is 31.3 Å². The lowest BCUT2D eigenvalue weighted by molar-refractivity contribution is 0.158. The standard InChI is InChI=1S/C26H30N4O6/c1-6-35-19-10-7-17(8-11-19)24-28-25(36-29-24)22-16(2)30(13-14-32-3)26(31)27-23(22)18-9-12-20(33-4)21(15-18)34-5/h7-12,15,23H,6,13-14H2,1-5H3,(H,27,31). The van der Waals surface area contributed by atoms with Crippen molar-refractivity contribution in [3.63, 3.8) is 0 Å². The van der Waals surface area contributed by atoms with Crippen LogP contribution < -0.4 is 19.5 Å². The van der Waals surface area contributed by atoms with Crippen LogP contribution in [0.15, 0.2) is 52.7 Å². The number of hydrogen-bond donors (Lipinski definition) is 1. The molecule has 1 aliphatic heterocycles. The first-order valence-electron chi connectivity index (χ1n) is 11.6. The number of carbonyl (C=O) groups excluding carboxylic acids is 1. The Morgan fingerprint density at radius 2 is 1.81 bits per heavy atom. The van der Waals surface area contributed by atoms with Gasteiger partial charge in [-0.2, -0.15) is 4.98 Å². The maximum atomic E-state index is 13.1. The molecule has 2 heterocycles. The summed E-state index contributed by atoms with van der Waals surface area (Å²) in [4.78, 5) is 19.3. The van der Waals surface area contributed by atoms with Crippen molar-refractivity contribution in [2.45, 2.75) is 19.9 Å². The highest BCUT2D eigenvalue weighted by Gasteiger charge is 2.36. The van der Waals surface area contributed by atoms with Gasteiger partial charge in [-0.15, -0.1) is 0 Å². The Kier molecular flexibility index (Phi) is 7.74. The molecular weight excluding hydrogens is 464 g/mol. The third kappa shape index (κ3) is 4.99. The molecule has 2 aromatic carbocycles. The zero-order valence-corrected chi connectivity index (χ0v) is 21.0. The van der Waals surface area contributed by atoms with Gasteiger partial charge in [-0.25, -0.2) is 4.79 Å². The maximum absolute atomic E-state index is 13.1. The molecule has 0 fully saturated rings. The normalized spacial score (nSPS) is 15.6. The predicted molar refractivity (Wildman–Crippen MR) is 133 cm³/mol. The molecular formula is C26H30N4O6. The van der Waals surface area contributed by atoms with Gasteiger partial charge in [0, 0.05) is 18.4 Å². The second-order valence-electron chi connectivity index (χ2n) is 8.02. The fourth-order valence-corrected chi connectivity index (χ4v) is 4.11. The molecule has 0 bridgehead atoms. The van der Waals surface area contributed by atoms with Crippen molar-refractivity contribution in [2.24, 2.45) is 0 Å². The van der Waals surface area contributed by atoms with Gasteiger partial charge in [0.1, 0.15) is 5.75 Å². The van der Waals surface area contributed by atoms with E-state index in [9.17, 15) is 4.79 Å². The summed E-state index contributed by atoms with van der Waals surface area (Å²) in [6.07, 6.45) is 0. The van der Waals surface area contributed by atoms with Gasteiger partial charge in [0.25, 0.3) is 5.89 Å². The van der Waals surface area contributed by atoms with Crippen LogP contribution >= 0.6 is 0 Å². The first-order valence-corrected chi connectivity index (χ1v) is 11.6. The van der Waals surface area contributed by atoms with Crippen LogP contribution in [0.4, 0.5) is 4.79 Å². The molecule has 10 nitrogen and oxygen atoms in total. The third-order valence-electron chi connectivity index (χ3n) is 5.94. The summed E-state index contributed by atoms with van der Waals surface area (Å²) in [6.45, 7) is 5.12. The lowest BCUT2D eigenvalue weighted by atomic mass is 9.94. The summed E-state index contributed by atoms with van der Waals surface area (Å²) in [6, 6.07) is 12.2. The summed E-state index contributed by atoms with van der Waals surface area (Å²) in [5.74, 6) is 2.63. The number of hydrogen-bond acceptors (Lipinski definition) is 8. The largest absolute Gasteiger partial charge is 0.494 e. The number of nitrogens with zero attached hydrogens (tertiary/aromatic N) is 3. The quantitative estimate of drug-likeness (QED) is 0.445. The van der Waals surface area contributed by atoms with Crippen LogP contribution in [-0.4, -0.2) is 62.2 Å². The highest BCUT2D eigenvalue weighted by molar-refractivity contribution is 5.87. The number of methoxy groups -OCH3 is 3. The summed E-state index contributed by atoms with van der Waals surface area (Å²) < 4.78 is 27.3. The maximum Gasteiger partial charge on any atom is 0.322 e. The lowest BCUT2D eigenvalue weighted by Crippen LogP contribution is -2.47. The Morgan fingerprint density at radius 3 is 2.47 bits per heavy atom. The number of carbonyl (C=O) groups is 1. The fraction of sp³-hybridized carbons (Fsp3) is 0.346. The predicted octanol–water partition coefficient (Wildman–Crippen LogP) is 4.30. The molecule has 3 aromatic rings. The minimum Gasteiger partial charge on any atom is -0.494 e. The second-order valence-corrected chi connectivity index (χ2v) is 8.02. The number of ether oxygens (including phenoxy) is 4. The van der Waals surface area contributed by atoms with Crippen LogP contribution in [0, 0.1) is 0 Å². The molecule has 1 atom stereocenters. The zero-order valence-electron chi connectivity index (χ0n) is 21.0. The molecule has 1 aromatic heterocycles. The average molecular weight is 495 g/mol. The average Bonchev–Trinajstić information content (AvgIpc) is 3.38. The minimum absolute atomic E-state index is 0.251. The highest BCUT2D eigenvalue weighted by Crippen LogP contribution is 2.40. The second kappa shape index (κ2) is 11.1. The van der Waals surface area contributed by atoms with E-state index in [0.29, 0.717) is 54.2 Å². The molecule has 0 saturated heterocycles. The Hall–Kier alpha value is -4.05. The number of allylic oxidation sites excluding steroid dienone is 1. The van der Waals surface area contributed by atoms with Gasteiger partial charge in [0.2, 0.25) is 5.82 Å². The molecule has 1 aliphatic rings. The Bertz CT molecular complexity index is 1240. The van der Waals surface area contributed by atoms with Crippen LogP contribution in [0.5, 0.6) is 17.2 Å². The fourth-order valence-electron chi connectivity index (χ4n) is 4.11. The summed E-state index contributed by atoms with van der Waals surface area (Å²) in [5.41, 5.74) is 2.94. The van der Waals surface area contributed by atoms with Crippen molar-refractivity contribution in [3.05, 3.63) is 59.6 Å². The van der Waals surface area contributed by atoms with Crippen molar-refractivity contribution in [3.8, 4) is 28.6 Å². The molecule has 0 aliphatic carbocycles. The first kappa shape index (κ1) is 25.1. The molecule has 0 radical (unpaired) electrons. The van der Waals surface area contributed by atoms with Crippen molar-refractivity contribution >= 4 is 11.6 Å². The highest BCUT2D eigenvalue weighted by atomic mass is 16.5. The Balaban J connectivity index is 1.77. The molecule has 1 N–H and O–H groups in total. The number of amides is 2. The molecule has 0 spiro atoms. The van der Waals surface area contributed by atoms with E-state index in [0.717, 1.165) is 16.9 Å². The molecule has 1 unspecified atom stereocenters. The minimum atomic E-state index is -0.551. The summed E-state index contributed by atoms with van der Waals surface area (Å²) in [5, 5.41) is 7.27. The first-order chi connectivity index (χ1) is 17.5. The van der Waals surface area contributed by atoms with E-state index in [1.165, 1.54) is 0 Å². The van der Waals surface area contributed by atoms with E-state index < -0.39 is 6.04 Å². The topological polar surface area (TPSA) is 108 Å². The number of rotatable bonds is 10. The van der Waals surface area contributed by atoms with Crippen molar-refractivity contribution in [1.29, 1.82) is 0 Å².